The summed E-state index contributed by atoms with van der Waals surface area (Å²) in [5.41, 5.74) is 8.97. The predicted molar refractivity (Wildman–Crippen MR) is 63.0 cm³/mol. The van der Waals surface area contributed by atoms with Crippen LogP contribution in [0.15, 0.2) is 17.9 Å². The van der Waals surface area contributed by atoms with E-state index >= 15 is 0 Å². The number of hydrogen-bond donors (Lipinski definition) is 1. The molecule has 0 aromatic carbocycles. The van der Waals surface area contributed by atoms with Crippen molar-refractivity contribution in [1.29, 1.82) is 0 Å². The first kappa shape index (κ1) is 11.1. The molecule has 0 atom stereocenters. The van der Waals surface area contributed by atoms with Crippen LogP contribution in [0, 0.1) is 6.92 Å². The van der Waals surface area contributed by atoms with E-state index in [1.165, 1.54) is 13.2 Å². The maximum Gasteiger partial charge on any atom is 0.340 e. The Bertz CT molecular complexity index is 668. The average Bonchev–Trinajstić information content (AvgIpc) is 2.50. The van der Waals surface area contributed by atoms with Gasteiger partial charge in [0.2, 0.25) is 0 Å². The molecule has 17 heavy (non-hydrogen) atoms. The minimum absolute atomic E-state index is 0.324. The Morgan fingerprint density at radius 2 is 2.24 bits per heavy atom. The number of nitrogens with two attached hydrogens (primary N) is 1. The molecule has 0 unspecified atom stereocenters. The Kier molecular flexibility index (Phi) is 2.77. The van der Waals surface area contributed by atoms with Crippen molar-refractivity contribution in [1.82, 2.24) is 9.97 Å². The van der Waals surface area contributed by atoms with E-state index in [0.29, 0.717) is 27.8 Å². The molecule has 0 amide bonds. The lowest BCUT2D eigenvalue weighted by Crippen LogP contribution is -2.36. The summed E-state index contributed by atoms with van der Waals surface area (Å²) in [6.45, 7) is 1.72. The topological polar surface area (TPSA) is 78.1 Å². The van der Waals surface area contributed by atoms with Crippen molar-refractivity contribution in [3.8, 4) is 0 Å². The Balaban J connectivity index is 2.95. The summed E-state index contributed by atoms with van der Waals surface area (Å²) in [4.78, 5) is 19.9. The van der Waals surface area contributed by atoms with Gasteiger partial charge in [-0.2, -0.15) is 0 Å². The number of anilines is 1. The molecule has 0 fully saturated rings. The van der Waals surface area contributed by atoms with Crippen molar-refractivity contribution in [2.75, 3.05) is 12.8 Å². The van der Waals surface area contributed by atoms with E-state index in [2.05, 4.69) is 15.7 Å². The fourth-order valence-electron chi connectivity index (χ4n) is 1.57. The standard InChI is InChI=1S/C12H11N3O2/c1-7-14-10-8(11(13)15-7)5-3-4-6-9(10)12(16)17-2/h3,5-6H,1-2H3,(H2,13,14,15). The van der Waals surface area contributed by atoms with Gasteiger partial charge in [-0.15, -0.1) is 5.73 Å². The maximum atomic E-state index is 11.6. The molecule has 1 aromatic heterocycles. The predicted octanol–water partition coefficient (Wildman–Crippen LogP) is -0.804. The summed E-state index contributed by atoms with van der Waals surface area (Å²) in [5, 5.41) is 1.08. The number of nitrogen functional groups attached to an aromatic ring is 1. The normalized spacial score (nSPS) is 12.7. The van der Waals surface area contributed by atoms with Crippen molar-refractivity contribution >= 4 is 23.4 Å². The lowest BCUT2D eigenvalue weighted by atomic mass is 10.2. The van der Waals surface area contributed by atoms with E-state index in [9.17, 15) is 4.79 Å². The molecule has 0 radical (unpaired) electrons. The second kappa shape index (κ2) is 4.23. The number of nitrogens with zero attached hydrogens (tertiary/aromatic N) is 2. The van der Waals surface area contributed by atoms with Crippen LogP contribution in [-0.2, 0) is 9.53 Å². The Morgan fingerprint density at radius 3 is 2.94 bits per heavy atom. The molecule has 1 aromatic rings. The molecule has 86 valence electrons. The van der Waals surface area contributed by atoms with Gasteiger partial charge in [0.15, 0.2) is 0 Å². The van der Waals surface area contributed by atoms with Gasteiger partial charge >= 0.3 is 5.97 Å². The van der Waals surface area contributed by atoms with Gasteiger partial charge in [-0.25, -0.2) is 14.8 Å². The summed E-state index contributed by atoms with van der Waals surface area (Å²) in [7, 11) is 1.32. The molecule has 5 nitrogen and oxygen atoms in total. The Morgan fingerprint density at radius 1 is 1.47 bits per heavy atom. The molecule has 1 aliphatic carbocycles. The first-order valence-corrected chi connectivity index (χ1v) is 4.99. The van der Waals surface area contributed by atoms with Gasteiger partial charge < -0.3 is 10.5 Å². The number of rotatable bonds is 1. The molecule has 0 aliphatic heterocycles. The van der Waals surface area contributed by atoms with Crippen LogP contribution >= 0.6 is 0 Å². The third-order valence-corrected chi connectivity index (χ3v) is 2.32. The largest absolute Gasteiger partial charge is 0.465 e. The lowest BCUT2D eigenvalue weighted by Gasteiger charge is -2.01. The van der Waals surface area contributed by atoms with Crippen LogP contribution in [0.2, 0.25) is 0 Å². The lowest BCUT2D eigenvalue weighted by molar-refractivity contribution is -0.133. The van der Waals surface area contributed by atoms with Gasteiger partial charge in [-0.05, 0) is 25.2 Å². The van der Waals surface area contributed by atoms with Crippen molar-refractivity contribution in [2.24, 2.45) is 0 Å². The molecule has 0 spiro atoms. The van der Waals surface area contributed by atoms with E-state index in [1.54, 1.807) is 19.1 Å². The maximum absolute atomic E-state index is 11.6. The monoisotopic (exact) mass is 229 g/mol. The van der Waals surface area contributed by atoms with Gasteiger partial charge in [-0.1, -0.05) is 0 Å². The van der Waals surface area contributed by atoms with Gasteiger partial charge in [-0.3, -0.25) is 0 Å². The highest BCUT2D eigenvalue weighted by Gasteiger charge is 2.11. The number of carbonyl (C=O) groups excluding carboxylic acids is 1. The van der Waals surface area contributed by atoms with E-state index < -0.39 is 5.97 Å². The van der Waals surface area contributed by atoms with E-state index in [1.807, 2.05) is 0 Å². The molecular formula is C12H11N3O2. The number of hydrogen-bond acceptors (Lipinski definition) is 5. The zero-order valence-corrected chi connectivity index (χ0v) is 9.52. The molecule has 0 saturated heterocycles. The zero-order chi connectivity index (χ0) is 12.4. The smallest absolute Gasteiger partial charge is 0.340 e. The van der Waals surface area contributed by atoms with Gasteiger partial charge in [0.05, 0.1) is 18.0 Å². The quantitative estimate of drug-likeness (QED) is 0.503. The number of methoxy groups -OCH3 is 1. The highest BCUT2D eigenvalue weighted by molar-refractivity contribution is 6.13. The summed E-state index contributed by atoms with van der Waals surface area (Å²) in [6, 6.07) is 0. The minimum atomic E-state index is -0.472. The number of aromatic nitrogens is 2. The van der Waals surface area contributed by atoms with Crippen LogP contribution < -0.4 is 16.3 Å². The summed E-state index contributed by atoms with van der Waals surface area (Å²) in [5.74, 6) is 0.369. The fraction of sp³-hybridized carbons (Fsp3) is 0.167. The fourth-order valence-corrected chi connectivity index (χ4v) is 1.57. The van der Waals surface area contributed by atoms with Crippen molar-refractivity contribution in [2.45, 2.75) is 6.92 Å². The van der Waals surface area contributed by atoms with Gasteiger partial charge in [0, 0.05) is 5.22 Å². The number of fused-ring (bicyclic) bond motifs is 1. The first-order valence-electron chi connectivity index (χ1n) is 4.99. The van der Waals surface area contributed by atoms with Crippen LogP contribution in [0.1, 0.15) is 5.82 Å². The third-order valence-electron chi connectivity index (χ3n) is 2.32. The summed E-state index contributed by atoms with van der Waals surface area (Å²) < 4.78 is 4.71. The number of esters is 1. The highest BCUT2D eigenvalue weighted by atomic mass is 16.5. The molecule has 2 rings (SSSR count). The minimum Gasteiger partial charge on any atom is -0.465 e. The van der Waals surface area contributed by atoms with Gasteiger partial charge in [0.25, 0.3) is 0 Å². The molecule has 1 heterocycles. The molecule has 0 bridgehead atoms. The Hall–Kier alpha value is -2.39. The summed E-state index contributed by atoms with van der Waals surface area (Å²) >= 11 is 0. The van der Waals surface area contributed by atoms with Crippen LogP contribution in [-0.4, -0.2) is 23.0 Å². The van der Waals surface area contributed by atoms with E-state index in [-0.39, 0.29) is 0 Å². The zero-order valence-electron chi connectivity index (χ0n) is 9.52. The van der Waals surface area contributed by atoms with Crippen molar-refractivity contribution < 1.29 is 9.53 Å². The number of carbonyl (C=O) groups is 1. The van der Waals surface area contributed by atoms with Crippen LogP contribution in [0.4, 0.5) is 5.82 Å². The Labute approximate surface area is 97.6 Å². The van der Waals surface area contributed by atoms with Crippen molar-refractivity contribution in [3.63, 3.8) is 0 Å². The van der Waals surface area contributed by atoms with Gasteiger partial charge in [0.1, 0.15) is 11.6 Å². The second-order valence-corrected chi connectivity index (χ2v) is 3.47. The van der Waals surface area contributed by atoms with Crippen molar-refractivity contribution in [3.05, 3.63) is 34.3 Å². The SMILES string of the molecule is COC(=O)C1=c2nc(C)nc(N)c2=CC=C=C1. The molecule has 5 heteroatoms. The number of ether oxygens (including phenoxy) is 1. The third kappa shape index (κ3) is 1.96. The second-order valence-electron chi connectivity index (χ2n) is 3.47. The van der Waals surface area contributed by atoms with Crippen LogP contribution in [0.3, 0.4) is 0 Å². The number of aryl methyl sites for hydroxylation is 1. The molecule has 1 aliphatic rings. The summed E-state index contributed by atoms with van der Waals surface area (Å²) in [6.07, 6.45) is 4.90. The molecule has 0 saturated carbocycles. The average molecular weight is 229 g/mol. The van der Waals surface area contributed by atoms with Crippen LogP contribution in [0.25, 0.3) is 11.6 Å². The highest BCUT2D eigenvalue weighted by Crippen LogP contribution is 1.99. The van der Waals surface area contributed by atoms with Crippen LogP contribution in [0.5, 0.6) is 0 Å². The molecule has 2 N–H and O–H groups in total. The molecular weight excluding hydrogens is 218 g/mol. The van der Waals surface area contributed by atoms with E-state index in [0.717, 1.165) is 0 Å². The first-order chi connectivity index (χ1) is 8.13. The van der Waals surface area contributed by atoms with E-state index in [4.69, 9.17) is 10.5 Å².